The van der Waals surface area contributed by atoms with Crippen molar-refractivity contribution in [3.05, 3.63) is 64.1 Å². The molecule has 2 aromatic rings. The van der Waals surface area contributed by atoms with Crippen LogP contribution in [0.25, 0.3) is 0 Å². The van der Waals surface area contributed by atoms with Gasteiger partial charge in [0.25, 0.3) is 0 Å². The van der Waals surface area contributed by atoms with Gasteiger partial charge >= 0.3 is 11.8 Å². The number of hydrogen-bond donors (Lipinski definition) is 2. The molecular weight excluding hydrogens is 311 g/mol. The number of halogens is 2. The van der Waals surface area contributed by atoms with E-state index in [2.05, 4.69) is 10.6 Å². The Hall–Kier alpha value is -2.04. The molecule has 108 valence electrons. The maximum absolute atomic E-state index is 11.7. The van der Waals surface area contributed by atoms with Crippen molar-refractivity contribution >= 4 is 40.7 Å². The lowest BCUT2D eigenvalue weighted by Gasteiger charge is -2.07. The van der Waals surface area contributed by atoms with Gasteiger partial charge in [-0.2, -0.15) is 0 Å². The van der Waals surface area contributed by atoms with E-state index in [1.807, 2.05) is 0 Å². The molecule has 2 rings (SSSR count). The van der Waals surface area contributed by atoms with Gasteiger partial charge in [0.15, 0.2) is 0 Å². The Labute approximate surface area is 132 Å². The molecule has 0 aliphatic carbocycles. The molecule has 0 spiro atoms. The minimum Gasteiger partial charge on any atom is -0.344 e. The number of carbonyl (C=O) groups excluding carboxylic acids is 2. The molecule has 0 atom stereocenters. The normalized spacial score (nSPS) is 10.0. The number of rotatable bonds is 3. The molecule has 0 radical (unpaired) electrons. The van der Waals surface area contributed by atoms with Crippen molar-refractivity contribution in [3.8, 4) is 0 Å². The van der Waals surface area contributed by atoms with E-state index in [-0.39, 0.29) is 6.54 Å². The van der Waals surface area contributed by atoms with Crippen LogP contribution in [0.3, 0.4) is 0 Å². The van der Waals surface area contributed by atoms with E-state index in [1.54, 1.807) is 48.5 Å². The maximum atomic E-state index is 11.7. The van der Waals surface area contributed by atoms with Crippen LogP contribution >= 0.6 is 23.2 Å². The predicted octanol–water partition coefficient (Wildman–Crippen LogP) is 3.25. The third kappa shape index (κ3) is 4.77. The van der Waals surface area contributed by atoms with Crippen LogP contribution in [0.15, 0.2) is 48.5 Å². The maximum Gasteiger partial charge on any atom is 0.313 e. The molecule has 0 bridgehead atoms. The molecular formula is C15H12Cl2N2O2. The SMILES string of the molecule is O=C(NCc1ccc(Cl)cc1)C(=O)Nc1cccc(Cl)c1. The molecule has 6 heteroatoms. The van der Waals surface area contributed by atoms with E-state index in [0.29, 0.717) is 15.7 Å². The Morgan fingerprint density at radius 2 is 1.62 bits per heavy atom. The number of carbonyl (C=O) groups is 2. The van der Waals surface area contributed by atoms with E-state index in [1.165, 1.54) is 0 Å². The number of hydrogen-bond acceptors (Lipinski definition) is 2. The Bertz CT molecular complexity index is 657. The van der Waals surface area contributed by atoms with Crippen molar-refractivity contribution in [1.29, 1.82) is 0 Å². The summed E-state index contributed by atoms with van der Waals surface area (Å²) in [5, 5.41) is 6.09. The third-order valence-electron chi connectivity index (χ3n) is 2.66. The molecule has 21 heavy (non-hydrogen) atoms. The minimum atomic E-state index is -0.744. The van der Waals surface area contributed by atoms with Crippen molar-refractivity contribution in [2.45, 2.75) is 6.54 Å². The zero-order valence-corrected chi connectivity index (χ0v) is 12.4. The van der Waals surface area contributed by atoms with E-state index < -0.39 is 11.8 Å². The first-order valence-corrected chi connectivity index (χ1v) is 6.89. The van der Waals surface area contributed by atoms with Gasteiger partial charge in [-0.05, 0) is 35.9 Å². The molecule has 2 amide bonds. The van der Waals surface area contributed by atoms with Crippen LogP contribution in [-0.2, 0) is 16.1 Å². The van der Waals surface area contributed by atoms with Gasteiger partial charge in [0, 0.05) is 22.3 Å². The monoisotopic (exact) mass is 322 g/mol. The summed E-state index contributed by atoms with van der Waals surface area (Å²) in [6, 6.07) is 13.6. The summed E-state index contributed by atoms with van der Waals surface area (Å²) in [7, 11) is 0. The molecule has 0 unspecified atom stereocenters. The van der Waals surface area contributed by atoms with Crippen LogP contribution in [0.1, 0.15) is 5.56 Å². The Morgan fingerprint density at radius 3 is 2.29 bits per heavy atom. The first-order valence-electron chi connectivity index (χ1n) is 6.14. The first-order chi connectivity index (χ1) is 10.0. The number of benzene rings is 2. The van der Waals surface area contributed by atoms with Crippen molar-refractivity contribution in [2.24, 2.45) is 0 Å². The molecule has 0 aliphatic rings. The van der Waals surface area contributed by atoms with E-state index >= 15 is 0 Å². The highest BCUT2D eigenvalue weighted by atomic mass is 35.5. The van der Waals surface area contributed by atoms with Crippen molar-refractivity contribution in [3.63, 3.8) is 0 Å². The summed E-state index contributed by atoms with van der Waals surface area (Å²) in [5.74, 6) is -1.46. The molecule has 0 fully saturated rings. The summed E-state index contributed by atoms with van der Waals surface area (Å²) in [6.45, 7) is 0.249. The summed E-state index contributed by atoms with van der Waals surface area (Å²) >= 11 is 11.6. The highest BCUT2D eigenvalue weighted by molar-refractivity contribution is 6.39. The van der Waals surface area contributed by atoms with Gasteiger partial charge in [0.05, 0.1) is 0 Å². The lowest BCUT2D eigenvalue weighted by Crippen LogP contribution is -2.34. The third-order valence-corrected chi connectivity index (χ3v) is 3.14. The van der Waals surface area contributed by atoms with E-state index in [9.17, 15) is 9.59 Å². The van der Waals surface area contributed by atoms with Gasteiger partial charge in [0.1, 0.15) is 0 Å². The Balaban J connectivity index is 1.88. The lowest BCUT2D eigenvalue weighted by atomic mass is 10.2. The van der Waals surface area contributed by atoms with Crippen LogP contribution in [0, 0.1) is 0 Å². The lowest BCUT2D eigenvalue weighted by molar-refractivity contribution is -0.136. The van der Waals surface area contributed by atoms with Gasteiger partial charge in [0.2, 0.25) is 0 Å². The summed E-state index contributed by atoms with van der Waals surface area (Å²) < 4.78 is 0. The topological polar surface area (TPSA) is 58.2 Å². The van der Waals surface area contributed by atoms with Crippen LogP contribution in [0.4, 0.5) is 5.69 Å². The average molecular weight is 323 g/mol. The quantitative estimate of drug-likeness (QED) is 0.852. The first kappa shape index (κ1) is 15.4. The number of amides is 2. The summed E-state index contributed by atoms with van der Waals surface area (Å²) in [5.41, 5.74) is 1.32. The second-order valence-corrected chi connectivity index (χ2v) is 5.15. The van der Waals surface area contributed by atoms with Crippen LogP contribution in [0.5, 0.6) is 0 Å². The fraction of sp³-hybridized carbons (Fsp3) is 0.0667. The second-order valence-electron chi connectivity index (χ2n) is 4.27. The number of anilines is 1. The summed E-state index contributed by atoms with van der Waals surface area (Å²) in [4.78, 5) is 23.4. The molecule has 2 aromatic carbocycles. The number of nitrogens with one attached hydrogen (secondary N) is 2. The molecule has 0 aliphatic heterocycles. The molecule has 0 saturated carbocycles. The van der Waals surface area contributed by atoms with E-state index in [4.69, 9.17) is 23.2 Å². The fourth-order valence-electron chi connectivity index (χ4n) is 1.62. The zero-order valence-electron chi connectivity index (χ0n) is 10.9. The van der Waals surface area contributed by atoms with Crippen LogP contribution in [-0.4, -0.2) is 11.8 Å². The Kier molecular flexibility index (Phi) is 5.20. The van der Waals surface area contributed by atoms with Crippen molar-refractivity contribution < 1.29 is 9.59 Å². The highest BCUT2D eigenvalue weighted by Gasteiger charge is 2.13. The van der Waals surface area contributed by atoms with E-state index in [0.717, 1.165) is 5.56 Å². The van der Waals surface area contributed by atoms with Gasteiger partial charge < -0.3 is 10.6 Å². The molecule has 0 saturated heterocycles. The molecule has 0 heterocycles. The highest BCUT2D eigenvalue weighted by Crippen LogP contribution is 2.14. The molecule has 4 nitrogen and oxygen atoms in total. The Morgan fingerprint density at radius 1 is 0.905 bits per heavy atom. The molecule has 0 aromatic heterocycles. The van der Waals surface area contributed by atoms with Gasteiger partial charge in [-0.15, -0.1) is 0 Å². The second kappa shape index (κ2) is 7.11. The largest absolute Gasteiger partial charge is 0.344 e. The van der Waals surface area contributed by atoms with Crippen molar-refractivity contribution in [2.75, 3.05) is 5.32 Å². The standard InChI is InChI=1S/C15H12Cl2N2O2/c16-11-6-4-10(5-7-11)9-18-14(20)15(21)19-13-3-1-2-12(17)8-13/h1-8H,9H2,(H,18,20)(H,19,21). The van der Waals surface area contributed by atoms with Gasteiger partial charge in [-0.25, -0.2) is 0 Å². The fourth-order valence-corrected chi connectivity index (χ4v) is 1.94. The van der Waals surface area contributed by atoms with Crippen molar-refractivity contribution in [1.82, 2.24) is 5.32 Å². The van der Waals surface area contributed by atoms with Crippen LogP contribution in [0.2, 0.25) is 10.0 Å². The zero-order chi connectivity index (χ0) is 15.2. The smallest absolute Gasteiger partial charge is 0.313 e. The van der Waals surface area contributed by atoms with Gasteiger partial charge in [-0.3, -0.25) is 9.59 Å². The minimum absolute atomic E-state index is 0.249. The average Bonchev–Trinajstić information content (AvgIpc) is 2.46. The van der Waals surface area contributed by atoms with Crippen LogP contribution < -0.4 is 10.6 Å². The van der Waals surface area contributed by atoms with Gasteiger partial charge in [-0.1, -0.05) is 41.4 Å². The summed E-state index contributed by atoms with van der Waals surface area (Å²) in [6.07, 6.45) is 0. The molecule has 2 N–H and O–H groups in total. The predicted molar refractivity (Wildman–Crippen MR) is 83.4 cm³/mol.